The average molecular weight is 382 g/mol. The first-order chi connectivity index (χ1) is 16.0. The Kier molecular flexibility index (Phi) is 3.59. The molecule has 1 aliphatic heterocycles. The SMILES string of the molecule is [2H]C([2H])([2H])OC1(N(C(=O)C([2H])([2H])C)c2ccccc2)CCN(C([2H])([2H])C([2H])([2H])c2cccs2)CC1. The summed E-state index contributed by atoms with van der Waals surface area (Å²) in [4.78, 5) is 15.8. The fourth-order valence-electron chi connectivity index (χ4n) is 3.05. The Hall–Kier alpha value is -1.69. The van der Waals surface area contributed by atoms with Crippen LogP contribution in [0.25, 0.3) is 0 Å². The Labute approximate surface area is 173 Å². The first-order valence-electron chi connectivity index (χ1n) is 12.9. The van der Waals surface area contributed by atoms with Crippen LogP contribution in [0.2, 0.25) is 0 Å². The Morgan fingerprint density at radius 2 is 2.08 bits per heavy atom. The molecule has 0 bridgehead atoms. The zero-order valence-corrected chi connectivity index (χ0v) is 15.4. The quantitative estimate of drug-likeness (QED) is 0.675. The molecule has 1 amide bonds. The molecular weight excluding hydrogens is 344 g/mol. The predicted molar refractivity (Wildman–Crippen MR) is 108 cm³/mol. The molecule has 0 radical (unpaired) electrons. The molecule has 0 N–H and O–H groups in total. The number of amides is 1. The second kappa shape index (κ2) is 8.80. The first kappa shape index (κ1) is 10.6. The molecule has 2 heterocycles. The van der Waals surface area contributed by atoms with Crippen LogP contribution in [-0.4, -0.2) is 43.2 Å². The van der Waals surface area contributed by atoms with Gasteiger partial charge in [-0.2, -0.15) is 0 Å². The number of nitrogens with zero attached hydrogens (tertiary/aromatic N) is 2. The molecule has 0 saturated carbocycles. The van der Waals surface area contributed by atoms with Gasteiger partial charge in [-0.1, -0.05) is 31.2 Å². The van der Waals surface area contributed by atoms with Crippen molar-refractivity contribution in [2.24, 2.45) is 0 Å². The van der Waals surface area contributed by atoms with Gasteiger partial charge in [0.2, 0.25) is 5.91 Å². The van der Waals surface area contributed by atoms with Crippen molar-refractivity contribution >= 4 is 22.9 Å². The summed E-state index contributed by atoms with van der Waals surface area (Å²) in [6, 6.07) is 11.2. The molecule has 140 valence electrons. The number of thiophene rings is 1. The minimum atomic E-state index is -2.93. The number of rotatable bonds is 7. The number of methoxy groups -OCH3 is 1. The van der Waals surface area contributed by atoms with Crippen LogP contribution in [0.5, 0.6) is 0 Å². The molecule has 0 aliphatic carbocycles. The van der Waals surface area contributed by atoms with Gasteiger partial charge in [-0.15, -0.1) is 11.3 Å². The van der Waals surface area contributed by atoms with Crippen molar-refractivity contribution in [1.29, 1.82) is 0 Å². The Bertz CT molecular complexity index is 1000. The lowest BCUT2D eigenvalue weighted by atomic mass is 9.96. The number of hydrogen-bond donors (Lipinski definition) is 0. The Morgan fingerprint density at radius 3 is 2.69 bits per heavy atom. The van der Waals surface area contributed by atoms with E-state index in [0.29, 0.717) is 0 Å². The van der Waals surface area contributed by atoms with Crippen molar-refractivity contribution in [3.8, 4) is 0 Å². The van der Waals surface area contributed by atoms with Gasteiger partial charge in [0.1, 0.15) is 5.72 Å². The van der Waals surface area contributed by atoms with E-state index in [9.17, 15) is 4.79 Å². The van der Waals surface area contributed by atoms with Crippen LogP contribution >= 0.6 is 11.3 Å². The maximum atomic E-state index is 13.3. The molecular formula is C21H28N2O2S. The maximum absolute atomic E-state index is 13.3. The lowest BCUT2D eigenvalue weighted by Gasteiger charge is -2.47. The molecule has 5 heteroatoms. The van der Waals surface area contributed by atoms with E-state index < -0.39 is 37.9 Å². The summed E-state index contributed by atoms with van der Waals surface area (Å²) < 4.78 is 78.9. The van der Waals surface area contributed by atoms with Gasteiger partial charge in [0.25, 0.3) is 0 Å². The summed E-state index contributed by atoms with van der Waals surface area (Å²) in [6.45, 7) is -1.61. The number of benzene rings is 1. The first-order valence-corrected chi connectivity index (χ1v) is 9.28. The zero-order chi connectivity index (χ0) is 26.3. The van der Waals surface area contributed by atoms with Crippen molar-refractivity contribution in [2.45, 2.75) is 38.2 Å². The van der Waals surface area contributed by atoms with E-state index in [4.69, 9.17) is 17.1 Å². The highest BCUT2D eigenvalue weighted by atomic mass is 32.1. The van der Waals surface area contributed by atoms with Crippen LogP contribution in [-0.2, 0) is 15.9 Å². The Balaban J connectivity index is 2.00. The number of aryl methyl sites for hydroxylation is 1. The number of piperidine rings is 1. The molecule has 1 aromatic heterocycles. The van der Waals surface area contributed by atoms with Gasteiger partial charge in [-0.25, -0.2) is 0 Å². The minimum absolute atomic E-state index is 0.128. The van der Waals surface area contributed by atoms with E-state index in [2.05, 4.69) is 0 Å². The number of carbonyl (C=O) groups excluding carboxylic acids is 1. The third-order valence-electron chi connectivity index (χ3n) is 4.43. The fourth-order valence-corrected chi connectivity index (χ4v) is 3.61. The molecule has 4 nitrogen and oxygen atoms in total. The van der Waals surface area contributed by atoms with E-state index in [0.717, 1.165) is 23.2 Å². The molecule has 26 heavy (non-hydrogen) atoms. The molecule has 2 aromatic rings. The summed E-state index contributed by atoms with van der Waals surface area (Å²) in [5.74, 6) is -0.988. The van der Waals surface area contributed by atoms with Gasteiger partial charge in [0, 0.05) is 64.6 Å². The average Bonchev–Trinajstić information content (AvgIpc) is 3.29. The van der Waals surface area contributed by atoms with Crippen LogP contribution in [0.1, 0.15) is 43.4 Å². The second-order valence-corrected chi connectivity index (χ2v) is 6.92. The summed E-state index contributed by atoms with van der Waals surface area (Å²) in [5, 5.41) is 1.66. The summed E-state index contributed by atoms with van der Waals surface area (Å²) in [7, 11) is -2.93. The van der Waals surface area contributed by atoms with Crippen molar-refractivity contribution in [3.63, 3.8) is 0 Å². The van der Waals surface area contributed by atoms with Gasteiger partial charge in [0.05, 0.1) is 4.11 Å². The van der Waals surface area contributed by atoms with Crippen molar-refractivity contribution in [3.05, 3.63) is 52.7 Å². The van der Waals surface area contributed by atoms with Crippen LogP contribution < -0.4 is 4.90 Å². The highest BCUT2D eigenvalue weighted by molar-refractivity contribution is 7.09. The molecule has 1 aliphatic rings. The van der Waals surface area contributed by atoms with Crippen LogP contribution in [0, 0.1) is 0 Å². The van der Waals surface area contributed by atoms with Crippen LogP contribution in [0.15, 0.2) is 47.8 Å². The van der Waals surface area contributed by atoms with Gasteiger partial charge in [-0.05, 0) is 30.0 Å². The van der Waals surface area contributed by atoms with E-state index >= 15 is 0 Å². The van der Waals surface area contributed by atoms with Crippen molar-refractivity contribution in [1.82, 2.24) is 4.90 Å². The molecule has 1 fully saturated rings. The van der Waals surface area contributed by atoms with E-state index in [1.54, 1.807) is 41.8 Å². The van der Waals surface area contributed by atoms with E-state index in [-0.39, 0.29) is 36.5 Å². The lowest BCUT2D eigenvalue weighted by molar-refractivity contribution is -0.128. The van der Waals surface area contributed by atoms with Gasteiger partial charge >= 0.3 is 0 Å². The second-order valence-electron chi connectivity index (χ2n) is 5.98. The molecule has 0 spiro atoms. The number of hydrogen-bond acceptors (Lipinski definition) is 4. The molecule has 3 rings (SSSR count). The van der Waals surface area contributed by atoms with Crippen LogP contribution in [0.4, 0.5) is 5.69 Å². The van der Waals surface area contributed by atoms with Gasteiger partial charge in [0.15, 0.2) is 0 Å². The summed E-state index contributed by atoms with van der Waals surface area (Å²) in [6.07, 6.45) is -5.05. The number of carbonyl (C=O) groups is 1. The largest absolute Gasteiger partial charge is 0.358 e. The third kappa shape index (κ3) is 4.17. The molecule has 1 aromatic carbocycles. The van der Waals surface area contributed by atoms with Crippen molar-refractivity contribution < 1.29 is 21.9 Å². The monoisotopic (exact) mass is 381 g/mol. The van der Waals surface area contributed by atoms with E-state index in [1.165, 1.54) is 11.0 Å². The standard InChI is InChI=1S/C21H28N2O2S/c1-3-20(24)23(18-8-5-4-6-9-18)21(25-2)12-15-22(16-13-21)14-11-19-10-7-17-26-19/h4-10,17H,3,11-16H2,1-2H3/i2D3,3D2,11D2,14D2. The number of likely N-dealkylation sites (tertiary alicyclic amines) is 1. The Morgan fingerprint density at radius 1 is 1.31 bits per heavy atom. The highest BCUT2D eigenvalue weighted by Crippen LogP contribution is 2.34. The summed E-state index contributed by atoms with van der Waals surface area (Å²) in [5.41, 5.74) is -1.55. The number of ether oxygens (including phenoxy) is 1. The van der Waals surface area contributed by atoms with Gasteiger partial charge < -0.3 is 9.64 Å². The maximum Gasteiger partial charge on any atom is 0.229 e. The van der Waals surface area contributed by atoms with Crippen LogP contribution in [0.3, 0.4) is 0 Å². The number of anilines is 1. The van der Waals surface area contributed by atoms with Gasteiger partial charge in [-0.3, -0.25) is 9.69 Å². The highest BCUT2D eigenvalue weighted by Gasteiger charge is 2.42. The predicted octanol–water partition coefficient (Wildman–Crippen LogP) is 4.17. The zero-order valence-electron chi connectivity index (χ0n) is 23.6. The molecule has 0 atom stereocenters. The normalized spacial score (nSPS) is 24.4. The topological polar surface area (TPSA) is 32.8 Å². The smallest absolute Gasteiger partial charge is 0.229 e. The minimum Gasteiger partial charge on any atom is -0.358 e. The van der Waals surface area contributed by atoms with Crippen molar-refractivity contribution in [2.75, 3.05) is 31.5 Å². The number of para-hydroxylation sites is 1. The molecule has 0 unspecified atom stereocenters. The van der Waals surface area contributed by atoms with E-state index in [1.807, 2.05) is 0 Å². The summed E-state index contributed by atoms with van der Waals surface area (Å²) >= 11 is 1.10. The fraction of sp³-hybridized carbons (Fsp3) is 0.476. The molecule has 1 saturated heterocycles. The lowest BCUT2D eigenvalue weighted by Crippen LogP contribution is -2.59. The third-order valence-corrected chi connectivity index (χ3v) is 5.22.